The van der Waals surface area contributed by atoms with Crippen molar-refractivity contribution < 1.29 is 0 Å². The van der Waals surface area contributed by atoms with Crippen LogP contribution in [0, 0.1) is 11.3 Å². The van der Waals surface area contributed by atoms with Crippen molar-refractivity contribution in [3.05, 3.63) is 28.5 Å². The third-order valence-corrected chi connectivity index (χ3v) is 3.30. The van der Waals surface area contributed by atoms with Gasteiger partial charge in [0.1, 0.15) is 11.2 Å². The molecule has 3 heteroatoms. The van der Waals surface area contributed by atoms with Crippen molar-refractivity contribution in [2.75, 3.05) is 0 Å². The van der Waals surface area contributed by atoms with Crippen molar-refractivity contribution in [3.8, 4) is 6.07 Å². The van der Waals surface area contributed by atoms with Gasteiger partial charge >= 0.3 is 0 Å². The van der Waals surface area contributed by atoms with Gasteiger partial charge in [0.25, 0.3) is 0 Å². The van der Waals surface area contributed by atoms with Gasteiger partial charge in [0.05, 0.1) is 5.56 Å². The van der Waals surface area contributed by atoms with Gasteiger partial charge in [0.15, 0.2) is 0 Å². The number of nitrogens with zero attached hydrogens (tertiary/aromatic N) is 2. The highest BCUT2D eigenvalue weighted by molar-refractivity contribution is 6.30. The summed E-state index contributed by atoms with van der Waals surface area (Å²) in [6, 6.07) is 5.75. The molecule has 15 heavy (non-hydrogen) atoms. The Balaban J connectivity index is 2.22. The maximum Gasteiger partial charge on any atom is 0.147 e. The maximum atomic E-state index is 8.75. The minimum atomic E-state index is 0.348. The predicted molar refractivity (Wildman–Crippen MR) is 59.8 cm³/mol. The lowest BCUT2D eigenvalue weighted by Crippen LogP contribution is -2.06. The van der Waals surface area contributed by atoms with E-state index in [1.54, 1.807) is 6.07 Å². The molecule has 1 aliphatic rings. The number of rotatable bonds is 1. The molecule has 0 atom stereocenters. The first-order valence-electron chi connectivity index (χ1n) is 5.38. The van der Waals surface area contributed by atoms with Gasteiger partial charge in [-0.25, -0.2) is 4.98 Å². The fraction of sp³-hybridized carbons (Fsp3) is 0.500. The molecule has 0 aliphatic heterocycles. The summed E-state index contributed by atoms with van der Waals surface area (Å²) in [6.07, 6.45) is 6.30. The zero-order valence-electron chi connectivity index (χ0n) is 8.54. The number of pyridine rings is 1. The average Bonchev–Trinajstić information content (AvgIpc) is 2.30. The summed E-state index contributed by atoms with van der Waals surface area (Å²) < 4.78 is 0. The summed E-state index contributed by atoms with van der Waals surface area (Å²) in [4.78, 5) is 4.31. The van der Waals surface area contributed by atoms with Crippen LogP contribution in [0.5, 0.6) is 0 Å². The molecule has 0 amide bonds. The highest BCUT2D eigenvalue weighted by Gasteiger charge is 2.17. The van der Waals surface area contributed by atoms with Crippen molar-refractivity contribution in [1.82, 2.24) is 4.98 Å². The molecule has 1 aliphatic carbocycles. The molecule has 2 rings (SSSR count). The van der Waals surface area contributed by atoms with Crippen molar-refractivity contribution >= 4 is 11.6 Å². The number of nitriles is 1. The molecule has 0 N–H and O–H groups in total. The fourth-order valence-corrected chi connectivity index (χ4v) is 2.36. The first-order valence-corrected chi connectivity index (χ1v) is 5.75. The smallest absolute Gasteiger partial charge is 0.147 e. The van der Waals surface area contributed by atoms with E-state index in [9.17, 15) is 0 Å². The van der Waals surface area contributed by atoms with Crippen LogP contribution in [0.3, 0.4) is 0 Å². The molecule has 1 saturated carbocycles. The van der Waals surface area contributed by atoms with Gasteiger partial charge in [-0.3, -0.25) is 0 Å². The van der Waals surface area contributed by atoms with Crippen LogP contribution in [0.2, 0.25) is 5.15 Å². The summed E-state index contributed by atoms with van der Waals surface area (Å²) in [7, 11) is 0. The summed E-state index contributed by atoms with van der Waals surface area (Å²) in [5, 5.41) is 9.09. The van der Waals surface area contributed by atoms with Crippen LogP contribution in [0.4, 0.5) is 0 Å². The van der Waals surface area contributed by atoms with Gasteiger partial charge in [0.2, 0.25) is 0 Å². The molecule has 0 aromatic carbocycles. The molecule has 1 aromatic heterocycles. The van der Waals surface area contributed by atoms with Crippen molar-refractivity contribution in [1.29, 1.82) is 5.26 Å². The molecule has 0 saturated heterocycles. The Labute approximate surface area is 94.9 Å². The van der Waals surface area contributed by atoms with E-state index in [1.807, 2.05) is 12.1 Å². The number of hydrogen-bond acceptors (Lipinski definition) is 2. The van der Waals surface area contributed by atoms with E-state index in [1.165, 1.54) is 32.1 Å². The second kappa shape index (κ2) is 4.63. The van der Waals surface area contributed by atoms with E-state index >= 15 is 0 Å². The molecule has 0 spiro atoms. The first-order chi connectivity index (χ1) is 7.31. The van der Waals surface area contributed by atoms with Gasteiger partial charge in [-0.15, -0.1) is 0 Å². The molecule has 1 fully saturated rings. The van der Waals surface area contributed by atoms with Gasteiger partial charge in [0, 0.05) is 11.6 Å². The van der Waals surface area contributed by atoms with Crippen LogP contribution in [-0.2, 0) is 0 Å². The standard InChI is InChI=1S/C12H13ClN2/c13-12-10(8-14)6-7-11(15-12)9-4-2-1-3-5-9/h6-7,9H,1-5H2. The Morgan fingerprint density at radius 1 is 1.27 bits per heavy atom. The second-order valence-electron chi connectivity index (χ2n) is 4.02. The Kier molecular flexibility index (Phi) is 3.23. The zero-order chi connectivity index (χ0) is 10.7. The van der Waals surface area contributed by atoms with Crippen molar-refractivity contribution in [2.24, 2.45) is 0 Å². The number of halogens is 1. The number of aromatic nitrogens is 1. The topological polar surface area (TPSA) is 36.7 Å². The fourth-order valence-electron chi connectivity index (χ4n) is 2.16. The molecule has 78 valence electrons. The van der Waals surface area contributed by atoms with Crippen LogP contribution in [0.1, 0.15) is 49.3 Å². The molecule has 2 nitrogen and oxygen atoms in total. The molecule has 1 aromatic rings. The monoisotopic (exact) mass is 220 g/mol. The molecular formula is C12H13ClN2. The summed E-state index contributed by atoms with van der Waals surface area (Å²) in [6.45, 7) is 0. The van der Waals surface area contributed by atoms with Gasteiger partial charge in [-0.2, -0.15) is 5.26 Å². The molecular weight excluding hydrogens is 208 g/mol. The SMILES string of the molecule is N#Cc1ccc(C2CCCCC2)nc1Cl. The van der Waals surface area contributed by atoms with Crippen LogP contribution < -0.4 is 0 Å². The Hall–Kier alpha value is -1.07. The number of hydrogen-bond donors (Lipinski definition) is 0. The lowest BCUT2D eigenvalue weighted by molar-refractivity contribution is 0.437. The highest BCUT2D eigenvalue weighted by atomic mass is 35.5. The quantitative estimate of drug-likeness (QED) is 0.678. The summed E-state index contributed by atoms with van der Waals surface area (Å²) in [5.74, 6) is 0.545. The largest absolute Gasteiger partial charge is 0.239 e. The van der Waals surface area contributed by atoms with E-state index in [0.29, 0.717) is 16.6 Å². The van der Waals surface area contributed by atoms with E-state index in [-0.39, 0.29) is 0 Å². The van der Waals surface area contributed by atoms with E-state index in [2.05, 4.69) is 4.98 Å². The van der Waals surface area contributed by atoms with E-state index < -0.39 is 0 Å². The maximum absolute atomic E-state index is 8.75. The highest BCUT2D eigenvalue weighted by Crippen LogP contribution is 2.32. The molecule has 1 heterocycles. The molecule has 0 radical (unpaired) electrons. The Morgan fingerprint density at radius 3 is 2.60 bits per heavy atom. The van der Waals surface area contributed by atoms with Crippen LogP contribution in [-0.4, -0.2) is 4.98 Å². The second-order valence-corrected chi connectivity index (χ2v) is 4.38. The predicted octanol–water partition coefficient (Wildman–Crippen LogP) is 3.65. The van der Waals surface area contributed by atoms with Crippen LogP contribution >= 0.6 is 11.6 Å². The Morgan fingerprint density at radius 2 is 2.00 bits per heavy atom. The van der Waals surface area contributed by atoms with Crippen molar-refractivity contribution in [3.63, 3.8) is 0 Å². The van der Waals surface area contributed by atoms with Crippen LogP contribution in [0.25, 0.3) is 0 Å². The molecule has 0 unspecified atom stereocenters. The minimum Gasteiger partial charge on any atom is -0.239 e. The first kappa shape index (κ1) is 10.4. The average molecular weight is 221 g/mol. The van der Waals surface area contributed by atoms with Crippen LogP contribution in [0.15, 0.2) is 12.1 Å². The zero-order valence-corrected chi connectivity index (χ0v) is 9.30. The van der Waals surface area contributed by atoms with Gasteiger partial charge in [-0.05, 0) is 25.0 Å². The third-order valence-electron chi connectivity index (χ3n) is 3.01. The lowest BCUT2D eigenvalue weighted by Gasteiger charge is -2.21. The van der Waals surface area contributed by atoms with Crippen molar-refractivity contribution in [2.45, 2.75) is 38.0 Å². The van der Waals surface area contributed by atoms with Gasteiger partial charge < -0.3 is 0 Å². The molecule has 0 bridgehead atoms. The normalized spacial score (nSPS) is 17.3. The third kappa shape index (κ3) is 2.30. The van der Waals surface area contributed by atoms with E-state index in [0.717, 1.165) is 5.69 Å². The summed E-state index contributed by atoms with van der Waals surface area (Å²) in [5.41, 5.74) is 1.52. The van der Waals surface area contributed by atoms with Gasteiger partial charge in [-0.1, -0.05) is 30.9 Å². The van der Waals surface area contributed by atoms with E-state index in [4.69, 9.17) is 16.9 Å². The lowest BCUT2D eigenvalue weighted by atomic mass is 9.86. The minimum absolute atomic E-state index is 0.348. The Bertz CT molecular complexity index is 389. The summed E-state index contributed by atoms with van der Waals surface area (Å²) >= 11 is 5.92.